The molecule has 1 atom stereocenters. The van der Waals surface area contributed by atoms with E-state index in [0.717, 1.165) is 19.3 Å². The summed E-state index contributed by atoms with van der Waals surface area (Å²) < 4.78 is 0. The number of rotatable bonds is 7. The highest BCUT2D eigenvalue weighted by Gasteiger charge is 2.57. The monoisotopic (exact) mass is 241 g/mol. The van der Waals surface area contributed by atoms with Crippen LogP contribution in [0.25, 0.3) is 0 Å². The van der Waals surface area contributed by atoms with Crippen LogP contribution in [0.3, 0.4) is 0 Å². The SMILES string of the molecule is CC(C)CCCC(C)NC(=O)C1(C(=O)O)CC1. The molecule has 0 aliphatic heterocycles. The van der Waals surface area contributed by atoms with Gasteiger partial charge in [-0.3, -0.25) is 9.59 Å². The summed E-state index contributed by atoms with van der Waals surface area (Å²) in [5.41, 5.74) is -1.10. The maximum atomic E-state index is 11.8. The number of nitrogens with one attached hydrogen (secondary N) is 1. The minimum Gasteiger partial charge on any atom is -0.480 e. The average molecular weight is 241 g/mol. The molecule has 4 nitrogen and oxygen atoms in total. The van der Waals surface area contributed by atoms with Crippen LogP contribution >= 0.6 is 0 Å². The van der Waals surface area contributed by atoms with Crippen LogP contribution in [-0.2, 0) is 9.59 Å². The number of aliphatic carboxylic acids is 1. The van der Waals surface area contributed by atoms with Crippen molar-refractivity contribution < 1.29 is 14.7 Å². The predicted molar refractivity (Wildman–Crippen MR) is 65.6 cm³/mol. The molecular weight excluding hydrogens is 218 g/mol. The summed E-state index contributed by atoms with van der Waals surface area (Å²) in [6.07, 6.45) is 4.09. The lowest BCUT2D eigenvalue weighted by Gasteiger charge is -2.17. The first-order chi connectivity index (χ1) is 7.88. The lowest BCUT2D eigenvalue weighted by atomic mass is 10.0. The van der Waals surface area contributed by atoms with Crippen LogP contribution in [0.15, 0.2) is 0 Å². The van der Waals surface area contributed by atoms with E-state index in [4.69, 9.17) is 5.11 Å². The van der Waals surface area contributed by atoms with Gasteiger partial charge in [-0.1, -0.05) is 26.7 Å². The zero-order valence-electron chi connectivity index (χ0n) is 11.0. The van der Waals surface area contributed by atoms with E-state index in [1.54, 1.807) is 0 Å². The maximum Gasteiger partial charge on any atom is 0.319 e. The van der Waals surface area contributed by atoms with Crippen molar-refractivity contribution in [3.8, 4) is 0 Å². The van der Waals surface area contributed by atoms with E-state index in [1.165, 1.54) is 0 Å². The Hall–Kier alpha value is -1.06. The molecule has 1 saturated carbocycles. The molecule has 17 heavy (non-hydrogen) atoms. The Bertz CT molecular complexity index is 295. The van der Waals surface area contributed by atoms with Crippen molar-refractivity contribution in [2.45, 2.75) is 58.9 Å². The van der Waals surface area contributed by atoms with Gasteiger partial charge in [-0.25, -0.2) is 0 Å². The lowest BCUT2D eigenvalue weighted by molar-refractivity contribution is -0.149. The quantitative estimate of drug-likeness (QED) is 0.671. The molecule has 4 heteroatoms. The summed E-state index contributed by atoms with van der Waals surface area (Å²) in [6.45, 7) is 6.29. The first-order valence-corrected chi connectivity index (χ1v) is 6.43. The van der Waals surface area contributed by atoms with Gasteiger partial charge in [-0.15, -0.1) is 0 Å². The van der Waals surface area contributed by atoms with Gasteiger partial charge in [0, 0.05) is 6.04 Å². The number of hydrogen-bond donors (Lipinski definition) is 2. The van der Waals surface area contributed by atoms with Gasteiger partial charge in [0.25, 0.3) is 0 Å². The fourth-order valence-corrected chi connectivity index (χ4v) is 1.93. The molecule has 98 valence electrons. The topological polar surface area (TPSA) is 66.4 Å². The molecule has 0 heterocycles. The predicted octanol–water partition coefficient (Wildman–Crippen LogP) is 2.18. The van der Waals surface area contributed by atoms with E-state index in [9.17, 15) is 9.59 Å². The van der Waals surface area contributed by atoms with Crippen molar-refractivity contribution in [3.05, 3.63) is 0 Å². The number of carbonyl (C=O) groups excluding carboxylic acids is 1. The number of amides is 1. The highest BCUT2D eigenvalue weighted by atomic mass is 16.4. The van der Waals surface area contributed by atoms with Crippen LogP contribution in [0.5, 0.6) is 0 Å². The fraction of sp³-hybridized carbons (Fsp3) is 0.846. The summed E-state index contributed by atoms with van der Waals surface area (Å²) in [7, 11) is 0. The third-order valence-electron chi connectivity index (χ3n) is 3.39. The van der Waals surface area contributed by atoms with Gasteiger partial charge in [-0.2, -0.15) is 0 Å². The van der Waals surface area contributed by atoms with Crippen molar-refractivity contribution in [1.29, 1.82) is 0 Å². The van der Waals surface area contributed by atoms with E-state index < -0.39 is 11.4 Å². The van der Waals surface area contributed by atoms with Gasteiger partial charge in [0.05, 0.1) is 0 Å². The molecule has 0 aromatic heterocycles. The Morgan fingerprint density at radius 1 is 1.24 bits per heavy atom. The van der Waals surface area contributed by atoms with Gasteiger partial charge in [0.15, 0.2) is 0 Å². The Morgan fingerprint density at radius 3 is 2.24 bits per heavy atom. The molecule has 1 aliphatic rings. The second kappa shape index (κ2) is 5.52. The molecule has 1 aliphatic carbocycles. The Morgan fingerprint density at radius 2 is 1.82 bits per heavy atom. The van der Waals surface area contributed by atoms with E-state index in [-0.39, 0.29) is 11.9 Å². The third-order valence-corrected chi connectivity index (χ3v) is 3.39. The molecule has 1 unspecified atom stereocenters. The van der Waals surface area contributed by atoms with Crippen LogP contribution in [0, 0.1) is 11.3 Å². The zero-order valence-corrected chi connectivity index (χ0v) is 11.0. The summed E-state index contributed by atoms with van der Waals surface area (Å²) in [6, 6.07) is 0.0677. The van der Waals surface area contributed by atoms with E-state index in [2.05, 4.69) is 19.2 Å². The third kappa shape index (κ3) is 3.72. The Balaban J connectivity index is 2.29. The van der Waals surface area contributed by atoms with Crippen LogP contribution in [-0.4, -0.2) is 23.0 Å². The van der Waals surface area contributed by atoms with E-state index in [1.807, 2.05) is 6.92 Å². The number of carboxylic acid groups (broad SMARTS) is 1. The van der Waals surface area contributed by atoms with Gasteiger partial charge < -0.3 is 10.4 Å². The fourth-order valence-electron chi connectivity index (χ4n) is 1.93. The first-order valence-electron chi connectivity index (χ1n) is 6.43. The molecule has 0 spiro atoms. The summed E-state index contributed by atoms with van der Waals surface area (Å²) in [5.74, 6) is -0.613. The minimum atomic E-state index is -1.10. The van der Waals surface area contributed by atoms with Gasteiger partial charge >= 0.3 is 5.97 Å². The van der Waals surface area contributed by atoms with Crippen LogP contribution in [0.4, 0.5) is 0 Å². The molecule has 2 N–H and O–H groups in total. The van der Waals surface area contributed by atoms with Crippen molar-refractivity contribution in [2.75, 3.05) is 0 Å². The van der Waals surface area contributed by atoms with Gasteiger partial charge in [0.2, 0.25) is 5.91 Å². The number of carboxylic acids is 1. The van der Waals surface area contributed by atoms with Crippen molar-refractivity contribution >= 4 is 11.9 Å². The Labute approximate surface area is 103 Å². The minimum absolute atomic E-state index is 0.0677. The number of carbonyl (C=O) groups is 2. The molecule has 1 fully saturated rings. The smallest absolute Gasteiger partial charge is 0.319 e. The summed E-state index contributed by atoms with van der Waals surface area (Å²) >= 11 is 0. The van der Waals surface area contributed by atoms with Crippen LogP contribution in [0.2, 0.25) is 0 Å². The first kappa shape index (κ1) is 14.0. The average Bonchev–Trinajstić information content (AvgIpc) is 2.96. The molecule has 0 saturated heterocycles. The molecule has 0 bridgehead atoms. The molecule has 0 aromatic rings. The highest BCUT2D eigenvalue weighted by Crippen LogP contribution is 2.46. The standard InChI is InChI=1S/C13H23NO3/c1-9(2)5-4-6-10(3)14-11(15)13(7-8-13)12(16)17/h9-10H,4-8H2,1-3H3,(H,14,15)(H,16,17). The van der Waals surface area contributed by atoms with Gasteiger partial charge in [0.1, 0.15) is 5.41 Å². The molecular formula is C13H23NO3. The lowest BCUT2D eigenvalue weighted by Crippen LogP contribution is -2.41. The van der Waals surface area contributed by atoms with Crippen molar-refractivity contribution in [1.82, 2.24) is 5.32 Å². The second-order valence-corrected chi connectivity index (χ2v) is 5.59. The number of hydrogen-bond acceptors (Lipinski definition) is 2. The molecule has 1 amide bonds. The normalized spacial score (nSPS) is 18.8. The van der Waals surface area contributed by atoms with E-state index in [0.29, 0.717) is 18.8 Å². The largest absolute Gasteiger partial charge is 0.480 e. The molecule has 1 rings (SSSR count). The van der Waals surface area contributed by atoms with Crippen LogP contribution in [0.1, 0.15) is 52.9 Å². The van der Waals surface area contributed by atoms with Crippen LogP contribution < -0.4 is 5.32 Å². The van der Waals surface area contributed by atoms with E-state index >= 15 is 0 Å². The summed E-state index contributed by atoms with van der Waals surface area (Å²) in [4.78, 5) is 22.7. The molecule has 0 radical (unpaired) electrons. The second-order valence-electron chi connectivity index (χ2n) is 5.59. The summed E-state index contributed by atoms with van der Waals surface area (Å²) in [5, 5.41) is 11.8. The van der Waals surface area contributed by atoms with Crippen molar-refractivity contribution in [3.63, 3.8) is 0 Å². The van der Waals surface area contributed by atoms with Gasteiger partial charge in [-0.05, 0) is 32.1 Å². The zero-order chi connectivity index (χ0) is 13.1. The van der Waals surface area contributed by atoms with Crippen molar-refractivity contribution in [2.24, 2.45) is 11.3 Å². The highest BCUT2D eigenvalue weighted by molar-refractivity contribution is 6.04. The molecule has 0 aromatic carbocycles. The Kier molecular flexibility index (Phi) is 4.54. The maximum absolute atomic E-state index is 11.8.